The van der Waals surface area contributed by atoms with Gasteiger partial charge in [-0.15, -0.1) is 0 Å². The van der Waals surface area contributed by atoms with Crippen molar-refractivity contribution in [2.24, 2.45) is 5.14 Å². The van der Waals surface area contributed by atoms with Crippen LogP contribution in [0.1, 0.15) is 12.5 Å². The van der Waals surface area contributed by atoms with E-state index >= 15 is 0 Å². The van der Waals surface area contributed by atoms with E-state index in [4.69, 9.17) is 5.14 Å². The van der Waals surface area contributed by atoms with Gasteiger partial charge in [-0.3, -0.25) is 0 Å². The Morgan fingerprint density at radius 2 is 2.12 bits per heavy atom. The molecule has 1 heterocycles. The summed E-state index contributed by atoms with van der Waals surface area (Å²) in [6, 6.07) is 7.80. The molecular formula is C11H14N2O2S. The fraction of sp³-hybridized carbons (Fsp3) is 0.273. The molecule has 4 nitrogen and oxygen atoms in total. The van der Waals surface area contributed by atoms with Crippen LogP contribution in [-0.2, 0) is 16.4 Å². The van der Waals surface area contributed by atoms with Crippen LogP contribution in [0, 0.1) is 0 Å². The summed E-state index contributed by atoms with van der Waals surface area (Å²) in [6.45, 7) is 1.62. The maximum atomic E-state index is 11.1. The predicted octanol–water partition coefficient (Wildman–Crippen LogP) is 1.39. The number of nitrogens with two attached hydrogens (primary N) is 1. The van der Waals surface area contributed by atoms with Crippen LogP contribution >= 0.6 is 0 Å². The van der Waals surface area contributed by atoms with Crippen molar-refractivity contribution in [2.45, 2.75) is 18.6 Å². The maximum Gasteiger partial charge on any atom is 0.212 e. The van der Waals surface area contributed by atoms with Crippen molar-refractivity contribution in [1.82, 2.24) is 4.98 Å². The summed E-state index contributed by atoms with van der Waals surface area (Å²) >= 11 is 0. The zero-order chi connectivity index (χ0) is 11.8. The molecule has 2 aromatic rings. The highest BCUT2D eigenvalue weighted by Gasteiger charge is 2.15. The molecule has 2 rings (SSSR count). The third-order valence-corrected chi connectivity index (χ3v) is 3.99. The highest BCUT2D eigenvalue weighted by molar-refractivity contribution is 7.89. The number of primary sulfonamides is 1. The highest BCUT2D eigenvalue weighted by atomic mass is 32.2. The Balaban J connectivity index is 2.27. The number of rotatable bonds is 3. The fourth-order valence-corrected chi connectivity index (χ4v) is 2.10. The molecule has 0 radical (unpaired) electrons. The molecule has 0 aliphatic carbocycles. The fourth-order valence-electron chi connectivity index (χ4n) is 1.68. The molecule has 0 fully saturated rings. The van der Waals surface area contributed by atoms with Gasteiger partial charge in [-0.05, 0) is 42.5 Å². The Morgan fingerprint density at radius 3 is 2.81 bits per heavy atom. The van der Waals surface area contributed by atoms with E-state index < -0.39 is 15.3 Å². The largest absolute Gasteiger partial charge is 0.361 e. The van der Waals surface area contributed by atoms with E-state index in [1.807, 2.05) is 30.5 Å². The van der Waals surface area contributed by atoms with Crippen LogP contribution in [0.15, 0.2) is 30.5 Å². The number of aromatic amines is 1. The van der Waals surface area contributed by atoms with Crippen LogP contribution < -0.4 is 5.14 Å². The first-order valence-corrected chi connectivity index (χ1v) is 6.65. The lowest BCUT2D eigenvalue weighted by Gasteiger charge is -2.08. The predicted molar refractivity (Wildman–Crippen MR) is 64.6 cm³/mol. The molecule has 16 heavy (non-hydrogen) atoms. The van der Waals surface area contributed by atoms with Gasteiger partial charge >= 0.3 is 0 Å². The van der Waals surface area contributed by atoms with Crippen molar-refractivity contribution in [2.75, 3.05) is 0 Å². The van der Waals surface area contributed by atoms with E-state index in [1.54, 1.807) is 6.92 Å². The number of H-pyrrole nitrogens is 1. The Hall–Kier alpha value is -1.33. The Labute approximate surface area is 94.5 Å². The number of fused-ring (bicyclic) bond motifs is 1. The van der Waals surface area contributed by atoms with Gasteiger partial charge in [0.15, 0.2) is 0 Å². The van der Waals surface area contributed by atoms with Crippen LogP contribution in [-0.4, -0.2) is 18.7 Å². The van der Waals surface area contributed by atoms with Crippen molar-refractivity contribution in [1.29, 1.82) is 0 Å². The normalized spacial score (nSPS) is 14.1. The number of nitrogens with one attached hydrogen (secondary N) is 1. The average Bonchev–Trinajstić information content (AvgIpc) is 2.63. The number of hydrogen-bond donors (Lipinski definition) is 2. The van der Waals surface area contributed by atoms with Crippen LogP contribution in [0.4, 0.5) is 0 Å². The van der Waals surface area contributed by atoms with E-state index in [9.17, 15) is 8.42 Å². The monoisotopic (exact) mass is 238 g/mol. The molecule has 0 bridgehead atoms. The Morgan fingerprint density at radius 1 is 1.38 bits per heavy atom. The van der Waals surface area contributed by atoms with Gasteiger partial charge in [-0.25, -0.2) is 13.6 Å². The van der Waals surface area contributed by atoms with Gasteiger partial charge in [0.05, 0.1) is 5.25 Å². The first-order valence-electron chi connectivity index (χ1n) is 5.04. The quantitative estimate of drug-likeness (QED) is 0.847. The molecule has 1 aromatic heterocycles. The maximum absolute atomic E-state index is 11.1. The second-order valence-corrected chi connectivity index (χ2v) is 5.99. The molecule has 3 N–H and O–H groups in total. The summed E-state index contributed by atoms with van der Waals surface area (Å²) in [5.41, 5.74) is 2.03. The molecule has 0 spiro atoms. The van der Waals surface area contributed by atoms with Crippen molar-refractivity contribution in [3.8, 4) is 0 Å². The van der Waals surface area contributed by atoms with Crippen molar-refractivity contribution < 1.29 is 8.42 Å². The van der Waals surface area contributed by atoms with Crippen LogP contribution in [0.2, 0.25) is 0 Å². The first kappa shape index (κ1) is 11.2. The van der Waals surface area contributed by atoms with E-state index in [2.05, 4.69) is 4.98 Å². The van der Waals surface area contributed by atoms with E-state index in [-0.39, 0.29) is 0 Å². The Bertz CT molecular complexity index is 601. The summed E-state index contributed by atoms with van der Waals surface area (Å²) in [4.78, 5) is 3.09. The topological polar surface area (TPSA) is 76.0 Å². The SMILES string of the molecule is CC(Cc1ccc2[nH]ccc2c1)S(N)(=O)=O. The van der Waals surface area contributed by atoms with Gasteiger partial charge in [0.25, 0.3) is 0 Å². The molecule has 0 saturated heterocycles. The summed E-state index contributed by atoms with van der Waals surface area (Å²) < 4.78 is 22.2. The van der Waals surface area contributed by atoms with Gasteiger partial charge in [-0.1, -0.05) is 6.07 Å². The first-order chi connectivity index (χ1) is 7.47. The lowest BCUT2D eigenvalue weighted by Crippen LogP contribution is -2.27. The standard InChI is InChI=1S/C11H14N2O2S/c1-8(16(12,14)15)6-9-2-3-11-10(7-9)4-5-13-11/h2-5,7-8,13H,6H2,1H3,(H2,12,14,15). The molecule has 1 atom stereocenters. The zero-order valence-corrected chi connectivity index (χ0v) is 9.79. The molecule has 0 amide bonds. The molecule has 0 aliphatic rings. The van der Waals surface area contributed by atoms with Crippen LogP contribution in [0.3, 0.4) is 0 Å². The second-order valence-electron chi connectivity index (χ2n) is 4.00. The second kappa shape index (κ2) is 3.92. The average molecular weight is 238 g/mol. The summed E-state index contributed by atoms with van der Waals surface area (Å²) in [6.07, 6.45) is 2.30. The minimum atomic E-state index is -3.45. The third kappa shape index (κ3) is 2.25. The van der Waals surface area contributed by atoms with Gasteiger partial charge in [0.2, 0.25) is 10.0 Å². The molecule has 86 valence electrons. The van der Waals surface area contributed by atoms with Crippen LogP contribution in [0.25, 0.3) is 10.9 Å². The molecule has 0 aliphatic heterocycles. The van der Waals surface area contributed by atoms with Crippen molar-refractivity contribution >= 4 is 20.9 Å². The summed E-state index contributed by atoms with van der Waals surface area (Å²) in [5.74, 6) is 0. The Kier molecular flexibility index (Phi) is 2.73. The minimum absolute atomic E-state index is 0.444. The summed E-state index contributed by atoms with van der Waals surface area (Å²) in [7, 11) is -3.45. The minimum Gasteiger partial charge on any atom is -0.361 e. The molecule has 1 aromatic carbocycles. The number of aromatic nitrogens is 1. The lowest BCUT2D eigenvalue weighted by molar-refractivity contribution is 0.584. The van der Waals surface area contributed by atoms with Crippen molar-refractivity contribution in [3.63, 3.8) is 0 Å². The van der Waals surface area contributed by atoms with Gasteiger partial charge in [0, 0.05) is 11.7 Å². The summed E-state index contributed by atoms with van der Waals surface area (Å²) in [5, 5.41) is 5.62. The molecule has 1 unspecified atom stereocenters. The molecular weight excluding hydrogens is 224 g/mol. The lowest BCUT2D eigenvalue weighted by atomic mass is 10.1. The highest BCUT2D eigenvalue weighted by Crippen LogP contribution is 2.16. The number of hydrogen-bond acceptors (Lipinski definition) is 2. The number of benzene rings is 1. The van der Waals surface area contributed by atoms with Gasteiger partial charge < -0.3 is 4.98 Å². The van der Waals surface area contributed by atoms with E-state index in [1.165, 1.54) is 0 Å². The van der Waals surface area contributed by atoms with Crippen LogP contribution in [0.5, 0.6) is 0 Å². The van der Waals surface area contributed by atoms with E-state index in [0.717, 1.165) is 16.5 Å². The zero-order valence-electron chi connectivity index (χ0n) is 8.97. The third-order valence-electron chi connectivity index (χ3n) is 2.70. The van der Waals surface area contributed by atoms with E-state index in [0.29, 0.717) is 6.42 Å². The smallest absolute Gasteiger partial charge is 0.212 e. The number of sulfonamides is 1. The molecule has 0 saturated carbocycles. The van der Waals surface area contributed by atoms with Gasteiger partial charge in [0.1, 0.15) is 0 Å². The molecule has 5 heteroatoms. The van der Waals surface area contributed by atoms with Gasteiger partial charge in [-0.2, -0.15) is 0 Å². The van der Waals surface area contributed by atoms with Crippen molar-refractivity contribution in [3.05, 3.63) is 36.0 Å².